The van der Waals surface area contributed by atoms with E-state index in [2.05, 4.69) is 27.4 Å². The lowest BCUT2D eigenvalue weighted by molar-refractivity contribution is -0.113. The lowest BCUT2D eigenvalue weighted by Crippen LogP contribution is -2.16. The lowest BCUT2D eigenvalue weighted by Gasteiger charge is -2.10. The Morgan fingerprint density at radius 3 is 2.73 bits per heavy atom. The maximum absolute atomic E-state index is 12.5. The summed E-state index contributed by atoms with van der Waals surface area (Å²) < 4.78 is 7.41. The number of thioether (sulfide) groups is 1. The van der Waals surface area contributed by atoms with E-state index >= 15 is 0 Å². The lowest BCUT2D eigenvalue weighted by atomic mass is 10.1. The molecule has 152 valence electrons. The van der Waals surface area contributed by atoms with Crippen LogP contribution in [0.5, 0.6) is 0 Å². The molecular weight excluding hydrogens is 398 g/mol. The van der Waals surface area contributed by atoms with Gasteiger partial charge in [-0.15, -0.1) is 10.2 Å². The van der Waals surface area contributed by atoms with Gasteiger partial charge in [-0.1, -0.05) is 43.0 Å². The van der Waals surface area contributed by atoms with Crippen molar-refractivity contribution in [2.24, 2.45) is 0 Å². The van der Waals surface area contributed by atoms with Crippen molar-refractivity contribution in [3.63, 3.8) is 0 Å². The molecule has 30 heavy (non-hydrogen) atoms. The first-order valence-corrected chi connectivity index (χ1v) is 10.6. The number of carbonyl (C=O) groups excluding carboxylic acids is 1. The second kappa shape index (κ2) is 9.41. The zero-order valence-electron chi connectivity index (χ0n) is 16.5. The van der Waals surface area contributed by atoms with Crippen molar-refractivity contribution < 1.29 is 9.21 Å². The summed E-state index contributed by atoms with van der Waals surface area (Å²) >= 11 is 1.33. The number of aromatic nitrogens is 4. The molecule has 0 saturated heterocycles. The fraction of sp³-hybridized carbons (Fsp3) is 0.182. The van der Waals surface area contributed by atoms with Gasteiger partial charge in [0.15, 0.2) is 11.0 Å². The highest BCUT2D eigenvalue weighted by Crippen LogP contribution is 2.24. The summed E-state index contributed by atoms with van der Waals surface area (Å²) in [7, 11) is 0. The predicted molar refractivity (Wildman–Crippen MR) is 116 cm³/mol. The normalized spacial score (nSPS) is 10.8. The monoisotopic (exact) mass is 419 g/mol. The second-order valence-corrected chi connectivity index (χ2v) is 7.48. The standard InChI is InChI=1S/C22H21N5O2S/c1-2-16-8-3-4-10-18(16)24-20(28)15-30-22-26-25-21(19-11-5-6-12-23-19)27(22)14-17-9-7-13-29-17/h3-13H,2,14-15H2,1H3,(H,24,28). The number of furan rings is 1. The Hall–Kier alpha value is -3.39. The van der Waals surface area contributed by atoms with Gasteiger partial charge in [-0.3, -0.25) is 14.3 Å². The minimum absolute atomic E-state index is 0.0900. The summed E-state index contributed by atoms with van der Waals surface area (Å²) in [5, 5.41) is 12.2. The third-order valence-electron chi connectivity index (χ3n) is 4.51. The largest absolute Gasteiger partial charge is 0.467 e. The number of nitrogens with one attached hydrogen (secondary N) is 1. The van der Waals surface area contributed by atoms with Crippen LogP contribution in [0, 0.1) is 0 Å². The van der Waals surface area contributed by atoms with Crippen molar-refractivity contribution in [3.05, 3.63) is 78.4 Å². The van der Waals surface area contributed by atoms with Crippen LogP contribution in [-0.4, -0.2) is 31.4 Å². The average molecular weight is 420 g/mol. The number of carbonyl (C=O) groups is 1. The van der Waals surface area contributed by atoms with Crippen LogP contribution in [0.4, 0.5) is 5.69 Å². The van der Waals surface area contributed by atoms with Gasteiger partial charge in [-0.05, 0) is 42.3 Å². The summed E-state index contributed by atoms with van der Waals surface area (Å²) in [5.74, 6) is 1.53. The molecule has 3 aromatic heterocycles. The predicted octanol–water partition coefficient (Wildman–Crippen LogP) is 4.27. The highest BCUT2D eigenvalue weighted by molar-refractivity contribution is 7.99. The van der Waals surface area contributed by atoms with E-state index in [-0.39, 0.29) is 11.7 Å². The Kier molecular flexibility index (Phi) is 6.24. The summed E-state index contributed by atoms with van der Waals surface area (Å²) in [6.45, 7) is 2.52. The summed E-state index contributed by atoms with van der Waals surface area (Å²) in [4.78, 5) is 16.9. The molecule has 0 saturated carbocycles. The molecule has 4 aromatic rings. The molecular formula is C22H21N5O2S. The third kappa shape index (κ3) is 4.60. The minimum atomic E-state index is -0.0900. The van der Waals surface area contributed by atoms with Gasteiger partial charge in [-0.25, -0.2) is 0 Å². The molecule has 7 nitrogen and oxygen atoms in total. The first-order chi connectivity index (χ1) is 14.7. The van der Waals surface area contributed by atoms with Crippen LogP contribution in [0.15, 0.2) is 76.6 Å². The van der Waals surface area contributed by atoms with Crippen LogP contribution in [0.25, 0.3) is 11.5 Å². The molecule has 1 amide bonds. The fourth-order valence-corrected chi connectivity index (χ4v) is 3.79. The van der Waals surface area contributed by atoms with Gasteiger partial charge in [0.1, 0.15) is 11.5 Å². The summed E-state index contributed by atoms with van der Waals surface area (Å²) in [6, 6.07) is 17.2. The Morgan fingerprint density at radius 1 is 1.10 bits per heavy atom. The van der Waals surface area contributed by atoms with E-state index in [1.165, 1.54) is 11.8 Å². The molecule has 0 fully saturated rings. The molecule has 3 heterocycles. The molecule has 0 aliphatic rings. The van der Waals surface area contributed by atoms with Crippen molar-refractivity contribution in [3.8, 4) is 11.5 Å². The minimum Gasteiger partial charge on any atom is -0.467 e. The molecule has 0 bridgehead atoms. The molecule has 0 aliphatic heterocycles. The third-order valence-corrected chi connectivity index (χ3v) is 5.48. The molecule has 8 heteroatoms. The van der Waals surface area contributed by atoms with Crippen molar-refractivity contribution >= 4 is 23.4 Å². The van der Waals surface area contributed by atoms with Gasteiger partial charge in [-0.2, -0.15) is 0 Å². The first kappa shape index (κ1) is 19.9. The molecule has 1 N–H and O–H groups in total. The maximum atomic E-state index is 12.5. The van der Waals surface area contributed by atoms with E-state index in [0.717, 1.165) is 23.4 Å². The summed E-state index contributed by atoms with van der Waals surface area (Å²) in [6.07, 6.45) is 4.20. The topological polar surface area (TPSA) is 85.8 Å². The Labute approximate surface area is 178 Å². The smallest absolute Gasteiger partial charge is 0.234 e. The van der Waals surface area contributed by atoms with Crippen molar-refractivity contribution in [2.45, 2.75) is 25.0 Å². The number of benzene rings is 1. The number of nitrogens with zero attached hydrogens (tertiary/aromatic N) is 4. The molecule has 0 radical (unpaired) electrons. The average Bonchev–Trinajstić information content (AvgIpc) is 3.44. The van der Waals surface area contributed by atoms with Gasteiger partial charge in [0.05, 0.1) is 18.6 Å². The van der Waals surface area contributed by atoms with E-state index in [9.17, 15) is 4.79 Å². The number of hydrogen-bond acceptors (Lipinski definition) is 6. The molecule has 0 atom stereocenters. The Morgan fingerprint density at radius 2 is 1.97 bits per heavy atom. The second-order valence-electron chi connectivity index (χ2n) is 6.53. The molecule has 0 spiro atoms. The number of para-hydroxylation sites is 1. The van der Waals surface area contributed by atoms with Crippen LogP contribution >= 0.6 is 11.8 Å². The van der Waals surface area contributed by atoms with Crippen LogP contribution in [-0.2, 0) is 17.8 Å². The number of amides is 1. The fourth-order valence-electron chi connectivity index (χ4n) is 3.05. The number of aryl methyl sites for hydroxylation is 1. The van der Waals surface area contributed by atoms with Gasteiger partial charge in [0.2, 0.25) is 5.91 Å². The first-order valence-electron chi connectivity index (χ1n) is 9.62. The summed E-state index contributed by atoms with van der Waals surface area (Å²) in [5.41, 5.74) is 2.66. The van der Waals surface area contributed by atoms with Crippen molar-refractivity contribution in [2.75, 3.05) is 11.1 Å². The quantitative estimate of drug-likeness (QED) is 0.429. The molecule has 0 aliphatic carbocycles. The van der Waals surface area contributed by atoms with E-state index < -0.39 is 0 Å². The van der Waals surface area contributed by atoms with Gasteiger partial charge in [0.25, 0.3) is 0 Å². The zero-order chi connectivity index (χ0) is 20.8. The Bertz CT molecular complexity index is 1110. The molecule has 1 aromatic carbocycles. The van der Waals surface area contributed by atoms with Crippen LogP contribution in [0.1, 0.15) is 18.2 Å². The van der Waals surface area contributed by atoms with E-state index in [1.807, 2.05) is 59.2 Å². The van der Waals surface area contributed by atoms with Crippen molar-refractivity contribution in [1.82, 2.24) is 19.7 Å². The highest BCUT2D eigenvalue weighted by atomic mass is 32.2. The number of hydrogen-bond donors (Lipinski definition) is 1. The van der Waals surface area contributed by atoms with E-state index in [4.69, 9.17) is 4.42 Å². The van der Waals surface area contributed by atoms with Crippen LogP contribution in [0.2, 0.25) is 0 Å². The number of rotatable bonds is 8. The highest BCUT2D eigenvalue weighted by Gasteiger charge is 2.18. The maximum Gasteiger partial charge on any atom is 0.234 e. The SMILES string of the molecule is CCc1ccccc1NC(=O)CSc1nnc(-c2ccccn2)n1Cc1ccco1. The molecule has 0 unspecified atom stereocenters. The van der Waals surface area contributed by atoms with Gasteiger partial charge >= 0.3 is 0 Å². The van der Waals surface area contributed by atoms with Crippen LogP contribution in [0.3, 0.4) is 0 Å². The van der Waals surface area contributed by atoms with Gasteiger partial charge < -0.3 is 9.73 Å². The zero-order valence-corrected chi connectivity index (χ0v) is 17.3. The van der Waals surface area contributed by atoms with E-state index in [0.29, 0.717) is 23.2 Å². The number of anilines is 1. The molecule has 4 rings (SSSR count). The van der Waals surface area contributed by atoms with E-state index in [1.54, 1.807) is 12.5 Å². The van der Waals surface area contributed by atoms with Gasteiger partial charge in [0, 0.05) is 11.9 Å². The van der Waals surface area contributed by atoms with Crippen molar-refractivity contribution in [1.29, 1.82) is 0 Å². The Balaban J connectivity index is 1.52. The van der Waals surface area contributed by atoms with Crippen LogP contribution < -0.4 is 5.32 Å². The number of pyridine rings is 1.